The third-order valence-corrected chi connectivity index (χ3v) is 2.58. The first-order chi connectivity index (χ1) is 8.52. The van der Waals surface area contributed by atoms with Crippen LogP contribution < -0.4 is 5.32 Å². The summed E-state index contributed by atoms with van der Waals surface area (Å²) in [6.07, 6.45) is 1.37. The van der Waals surface area contributed by atoms with Gasteiger partial charge in [-0.25, -0.2) is 9.37 Å². The van der Waals surface area contributed by atoms with E-state index >= 15 is 0 Å². The first kappa shape index (κ1) is 14.4. The van der Waals surface area contributed by atoms with Crippen molar-refractivity contribution < 1.29 is 14.3 Å². The number of amides is 1. The molecule has 2 N–H and O–H groups in total. The van der Waals surface area contributed by atoms with E-state index in [9.17, 15) is 9.18 Å². The molecule has 1 rings (SSSR count). The predicted molar refractivity (Wildman–Crippen MR) is 67.0 cm³/mol. The molecule has 6 heteroatoms. The highest BCUT2D eigenvalue weighted by atomic mass is 19.1. The van der Waals surface area contributed by atoms with Crippen molar-refractivity contribution in [3.8, 4) is 0 Å². The molecular weight excluding hydrogens is 237 g/mol. The van der Waals surface area contributed by atoms with Crippen molar-refractivity contribution in [3.63, 3.8) is 0 Å². The van der Waals surface area contributed by atoms with Crippen molar-refractivity contribution in [1.29, 1.82) is 0 Å². The van der Waals surface area contributed by atoms with Gasteiger partial charge in [-0.1, -0.05) is 0 Å². The third-order valence-electron chi connectivity index (χ3n) is 2.58. The number of aliphatic hydroxyl groups excluding tert-OH is 1. The first-order valence-corrected chi connectivity index (χ1v) is 5.77. The standard InChI is InChI=1S/C12H18FN3O2/c1-8(2)16(6-7-17)12(18)9-4-5-15-11(14-3)10(9)13/h4-5,8,17H,6-7H2,1-3H3,(H,14,15). The molecule has 0 saturated carbocycles. The van der Waals surface area contributed by atoms with Gasteiger partial charge in [0.25, 0.3) is 5.91 Å². The molecule has 1 heterocycles. The van der Waals surface area contributed by atoms with E-state index in [0.29, 0.717) is 0 Å². The lowest BCUT2D eigenvalue weighted by Crippen LogP contribution is -2.39. The largest absolute Gasteiger partial charge is 0.395 e. The van der Waals surface area contributed by atoms with Crippen LogP contribution >= 0.6 is 0 Å². The van der Waals surface area contributed by atoms with Gasteiger partial charge in [0, 0.05) is 25.8 Å². The molecule has 0 aliphatic heterocycles. The topological polar surface area (TPSA) is 65.5 Å². The van der Waals surface area contributed by atoms with Gasteiger partial charge in [0.15, 0.2) is 11.6 Å². The Morgan fingerprint density at radius 1 is 1.61 bits per heavy atom. The highest BCUT2D eigenvalue weighted by molar-refractivity contribution is 5.95. The van der Waals surface area contributed by atoms with Crippen molar-refractivity contribution in [2.75, 3.05) is 25.5 Å². The Hall–Kier alpha value is -1.69. The van der Waals surface area contributed by atoms with Crippen LogP contribution in [0.15, 0.2) is 12.3 Å². The van der Waals surface area contributed by atoms with Crippen LogP contribution in [0.5, 0.6) is 0 Å². The number of pyridine rings is 1. The van der Waals surface area contributed by atoms with Crippen LogP contribution in [-0.2, 0) is 0 Å². The fourth-order valence-corrected chi connectivity index (χ4v) is 1.64. The molecular formula is C12H18FN3O2. The van der Waals surface area contributed by atoms with E-state index in [1.807, 2.05) is 13.8 Å². The molecule has 0 aliphatic carbocycles. The van der Waals surface area contributed by atoms with Crippen LogP contribution in [-0.4, -0.2) is 47.1 Å². The lowest BCUT2D eigenvalue weighted by molar-refractivity contribution is 0.0660. The fourth-order valence-electron chi connectivity index (χ4n) is 1.64. The average Bonchev–Trinajstić information content (AvgIpc) is 2.35. The van der Waals surface area contributed by atoms with Crippen LogP contribution in [0.1, 0.15) is 24.2 Å². The zero-order valence-electron chi connectivity index (χ0n) is 10.8. The molecule has 18 heavy (non-hydrogen) atoms. The molecule has 0 fully saturated rings. The number of carbonyl (C=O) groups is 1. The third kappa shape index (κ3) is 2.95. The van der Waals surface area contributed by atoms with Gasteiger partial charge in [-0.3, -0.25) is 4.79 Å². The minimum Gasteiger partial charge on any atom is -0.395 e. The molecule has 1 amide bonds. The van der Waals surface area contributed by atoms with Gasteiger partial charge in [0.2, 0.25) is 0 Å². The van der Waals surface area contributed by atoms with Gasteiger partial charge in [-0.15, -0.1) is 0 Å². The quantitative estimate of drug-likeness (QED) is 0.827. The predicted octanol–water partition coefficient (Wildman–Crippen LogP) is 1.11. The number of nitrogens with zero attached hydrogens (tertiary/aromatic N) is 2. The Labute approximate surface area is 106 Å². The van der Waals surface area contributed by atoms with Crippen LogP contribution in [0, 0.1) is 5.82 Å². The first-order valence-electron chi connectivity index (χ1n) is 5.77. The van der Waals surface area contributed by atoms with E-state index < -0.39 is 11.7 Å². The summed E-state index contributed by atoms with van der Waals surface area (Å²) in [5.41, 5.74) is -0.0449. The van der Waals surface area contributed by atoms with Gasteiger partial charge in [0.05, 0.1) is 12.2 Å². The second-order valence-corrected chi connectivity index (χ2v) is 4.09. The van der Waals surface area contributed by atoms with Gasteiger partial charge < -0.3 is 15.3 Å². The summed E-state index contributed by atoms with van der Waals surface area (Å²) < 4.78 is 14.0. The number of nitrogens with one attached hydrogen (secondary N) is 1. The monoisotopic (exact) mass is 255 g/mol. The number of rotatable bonds is 5. The number of carbonyl (C=O) groups excluding carboxylic acids is 1. The SMILES string of the molecule is CNc1nccc(C(=O)N(CCO)C(C)C)c1F. The highest BCUT2D eigenvalue weighted by Crippen LogP contribution is 2.17. The molecule has 1 aromatic rings. The zero-order valence-corrected chi connectivity index (χ0v) is 10.8. The molecule has 5 nitrogen and oxygen atoms in total. The summed E-state index contributed by atoms with van der Waals surface area (Å²) in [6, 6.07) is 1.22. The second kappa shape index (κ2) is 6.30. The summed E-state index contributed by atoms with van der Waals surface area (Å²) in [7, 11) is 1.54. The summed E-state index contributed by atoms with van der Waals surface area (Å²) in [6.45, 7) is 3.64. The van der Waals surface area contributed by atoms with E-state index in [-0.39, 0.29) is 30.6 Å². The molecule has 0 spiro atoms. The molecule has 0 atom stereocenters. The molecule has 0 unspecified atom stereocenters. The lowest BCUT2D eigenvalue weighted by atomic mass is 10.2. The number of aliphatic hydroxyl groups is 1. The maximum Gasteiger partial charge on any atom is 0.257 e. The molecule has 1 aromatic heterocycles. The maximum absolute atomic E-state index is 14.0. The van der Waals surface area contributed by atoms with Crippen molar-refractivity contribution in [2.24, 2.45) is 0 Å². The summed E-state index contributed by atoms with van der Waals surface area (Å²) in [4.78, 5) is 17.4. The Balaban J connectivity index is 3.09. The Bertz CT molecular complexity index is 424. The van der Waals surface area contributed by atoms with E-state index in [1.54, 1.807) is 0 Å². The van der Waals surface area contributed by atoms with E-state index in [2.05, 4.69) is 10.3 Å². The number of hydrogen-bond acceptors (Lipinski definition) is 4. The summed E-state index contributed by atoms with van der Waals surface area (Å²) in [5.74, 6) is -1.09. The van der Waals surface area contributed by atoms with Gasteiger partial charge in [-0.2, -0.15) is 0 Å². The lowest BCUT2D eigenvalue weighted by Gasteiger charge is -2.26. The minimum atomic E-state index is -0.673. The summed E-state index contributed by atoms with van der Waals surface area (Å²) in [5, 5.41) is 11.5. The van der Waals surface area contributed by atoms with Gasteiger partial charge in [0.1, 0.15) is 0 Å². The molecule has 0 radical (unpaired) electrons. The summed E-state index contributed by atoms with van der Waals surface area (Å²) >= 11 is 0. The molecule has 0 saturated heterocycles. The van der Waals surface area contributed by atoms with Crippen molar-refractivity contribution in [1.82, 2.24) is 9.88 Å². The Morgan fingerprint density at radius 3 is 2.78 bits per heavy atom. The van der Waals surface area contributed by atoms with Crippen molar-refractivity contribution >= 4 is 11.7 Å². The van der Waals surface area contributed by atoms with Gasteiger partial charge in [-0.05, 0) is 19.9 Å². The Morgan fingerprint density at radius 2 is 2.28 bits per heavy atom. The van der Waals surface area contributed by atoms with E-state index in [1.165, 1.54) is 24.2 Å². The fraction of sp³-hybridized carbons (Fsp3) is 0.500. The smallest absolute Gasteiger partial charge is 0.257 e. The second-order valence-electron chi connectivity index (χ2n) is 4.09. The van der Waals surface area contributed by atoms with Crippen LogP contribution in [0.2, 0.25) is 0 Å². The average molecular weight is 255 g/mol. The normalized spacial score (nSPS) is 10.6. The van der Waals surface area contributed by atoms with Crippen molar-refractivity contribution in [2.45, 2.75) is 19.9 Å². The number of halogens is 1. The molecule has 0 aromatic carbocycles. The van der Waals surface area contributed by atoms with Crippen LogP contribution in [0.3, 0.4) is 0 Å². The minimum absolute atomic E-state index is 0.0357. The number of anilines is 1. The Kier molecular flexibility index (Phi) is 5.03. The molecule has 100 valence electrons. The molecule has 0 bridgehead atoms. The van der Waals surface area contributed by atoms with Crippen molar-refractivity contribution in [3.05, 3.63) is 23.6 Å². The number of hydrogen-bond donors (Lipinski definition) is 2. The zero-order chi connectivity index (χ0) is 13.7. The molecule has 0 aliphatic rings. The maximum atomic E-state index is 14.0. The van der Waals surface area contributed by atoms with Gasteiger partial charge >= 0.3 is 0 Å². The van der Waals surface area contributed by atoms with Crippen LogP contribution in [0.25, 0.3) is 0 Å². The van der Waals surface area contributed by atoms with Crippen LogP contribution in [0.4, 0.5) is 10.2 Å². The van der Waals surface area contributed by atoms with E-state index in [0.717, 1.165) is 0 Å². The highest BCUT2D eigenvalue weighted by Gasteiger charge is 2.22. The number of aromatic nitrogens is 1. The van der Waals surface area contributed by atoms with E-state index in [4.69, 9.17) is 5.11 Å².